The Labute approximate surface area is 109 Å². The van der Waals surface area contributed by atoms with Crippen molar-refractivity contribution in [2.45, 2.75) is 51.6 Å². The van der Waals surface area contributed by atoms with E-state index in [1.54, 1.807) is 0 Å². The summed E-state index contributed by atoms with van der Waals surface area (Å²) in [7, 11) is 0. The van der Waals surface area contributed by atoms with Crippen molar-refractivity contribution in [3.8, 4) is 0 Å². The first-order valence-electron chi connectivity index (χ1n) is 7.15. The van der Waals surface area contributed by atoms with Gasteiger partial charge in [-0.1, -0.05) is 20.3 Å². The van der Waals surface area contributed by atoms with Crippen LogP contribution in [0.2, 0.25) is 0 Å². The number of carboxylic acids is 1. The number of morpholine rings is 1. The predicted molar refractivity (Wildman–Crippen MR) is 69.5 cm³/mol. The van der Waals surface area contributed by atoms with E-state index in [-0.39, 0.29) is 12.5 Å². The average molecular weight is 255 g/mol. The maximum atomic E-state index is 11.0. The third-order valence-electron chi connectivity index (χ3n) is 4.55. The van der Waals surface area contributed by atoms with Crippen molar-refractivity contribution in [2.24, 2.45) is 11.8 Å². The summed E-state index contributed by atoms with van der Waals surface area (Å²) in [6.07, 6.45) is 4.06. The molecule has 0 amide bonds. The van der Waals surface area contributed by atoms with Crippen LogP contribution in [0.1, 0.15) is 39.5 Å². The van der Waals surface area contributed by atoms with Gasteiger partial charge in [0.2, 0.25) is 0 Å². The van der Waals surface area contributed by atoms with Crippen LogP contribution >= 0.6 is 0 Å². The second-order valence-corrected chi connectivity index (χ2v) is 5.94. The molecular weight excluding hydrogens is 230 g/mol. The lowest BCUT2D eigenvalue weighted by molar-refractivity contribution is -0.142. The lowest BCUT2D eigenvalue weighted by Gasteiger charge is -2.47. The van der Waals surface area contributed by atoms with Crippen LogP contribution in [0, 0.1) is 11.8 Å². The van der Waals surface area contributed by atoms with Crippen molar-refractivity contribution >= 4 is 5.97 Å². The minimum absolute atomic E-state index is 0.0595. The first kappa shape index (κ1) is 13.8. The highest BCUT2D eigenvalue weighted by Gasteiger charge is 2.38. The van der Waals surface area contributed by atoms with Gasteiger partial charge in [-0.2, -0.15) is 0 Å². The molecule has 1 aliphatic carbocycles. The van der Waals surface area contributed by atoms with Crippen LogP contribution in [-0.2, 0) is 9.53 Å². The molecule has 4 nitrogen and oxygen atoms in total. The van der Waals surface area contributed by atoms with Gasteiger partial charge in [0.1, 0.15) is 0 Å². The zero-order valence-corrected chi connectivity index (χ0v) is 11.5. The number of ether oxygens (including phenoxy) is 1. The number of nitrogens with zero attached hydrogens (tertiary/aromatic N) is 1. The number of aliphatic carboxylic acids is 1. The number of rotatable bonds is 3. The Morgan fingerprint density at radius 2 is 2.00 bits per heavy atom. The van der Waals surface area contributed by atoms with Crippen molar-refractivity contribution < 1.29 is 14.6 Å². The Balaban J connectivity index is 2.08. The van der Waals surface area contributed by atoms with Gasteiger partial charge in [0.05, 0.1) is 19.6 Å². The normalized spacial score (nSPS) is 38.6. The summed E-state index contributed by atoms with van der Waals surface area (Å²) in [5, 5.41) is 9.03. The Bertz CT molecular complexity index is 285. The Kier molecular flexibility index (Phi) is 4.62. The third-order valence-corrected chi connectivity index (χ3v) is 4.55. The molecule has 2 rings (SSSR count). The van der Waals surface area contributed by atoms with Crippen LogP contribution in [-0.4, -0.2) is 47.8 Å². The topological polar surface area (TPSA) is 49.8 Å². The van der Waals surface area contributed by atoms with Crippen LogP contribution in [0.3, 0.4) is 0 Å². The Morgan fingerprint density at radius 1 is 1.33 bits per heavy atom. The molecule has 0 aromatic carbocycles. The molecule has 4 heteroatoms. The molecule has 3 unspecified atom stereocenters. The van der Waals surface area contributed by atoms with Crippen molar-refractivity contribution in [3.63, 3.8) is 0 Å². The highest BCUT2D eigenvalue weighted by Crippen LogP contribution is 2.34. The molecule has 0 radical (unpaired) electrons. The summed E-state index contributed by atoms with van der Waals surface area (Å²) in [6, 6.07) is 0.594. The molecule has 0 bridgehead atoms. The van der Waals surface area contributed by atoms with E-state index >= 15 is 0 Å². The summed E-state index contributed by atoms with van der Waals surface area (Å²) in [5.41, 5.74) is 0. The van der Waals surface area contributed by atoms with Gasteiger partial charge >= 0.3 is 5.97 Å². The number of carboxylic acid groups (broad SMARTS) is 1. The highest BCUT2D eigenvalue weighted by molar-refractivity contribution is 5.67. The van der Waals surface area contributed by atoms with Gasteiger partial charge in [-0.3, -0.25) is 9.69 Å². The van der Waals surface area contributed by atoms with E-state index in [1.807, 2.05) is 0 Å². The first-order chi connectivity index (χ1) is 8.59. The smallest absolute Gasteiger partial charge is 0.305 e. The van der Waals surface area contributed by atoms with E-state index in [2.05, 4.69) is 18.7 Å². The summed E-state index contributed by atoms with van der Waals surface area (Å²) >= 11 is 0. The van der Waals surface area contributed by atoms with Crippen molar-refractivity contribution in [1.82, 2.24) is 4.90 Å². The van der Waals surface area contributed by atoms with Crippen molar-refractivity contribution in [2.75, 3.05) is 19.8 Å². The van der Waals surface area contributed by atoms with E-state index in [9.17, 15) is 4.79 Å². The molecule has 0 aromatic rings. The minimum Gasteiger partial charge on any atom is -0.481 e. The van der Waals surface area contributed by atoms with E-state index in [0.717, 1.165) is 13.2 Å². The molecule has 2 aliphatic rings. The molecular formula is C14H25NO3. The summed E-state index contributed by atoms with van der Waals surface area (Å²) in [6.45, 7) is 6.83. The van der Waals surface area contributed by atoms with Crippen molar-refractivity contribution in [1.29, 1.82) is 0 Å². The SMILES string of the molecule is CC1CCCC(C)C1N1CCOCC1CC(=O)O. The number of carbonyl (C=O) groups is 1. The quantitative estimate of drug-likeness (QED) is 0.838. The molecule has 0 aromatic heterocycles. The van der Waals surface area contributed by atoms with Gasteiger partial charge in [-0.05, 0) is 24.7 Å². The van der Waals surface area contributed by atoms with Crippen LogP contribution in [0.5, 0.6) is 0 Å². The van der Waals surface area contributed by atoms with E-state index in [1.165, 1.54) is 19.3 Å². The van der Waals surface area contributed by atoms with Gasteiger partial charge in [-0.25, -0.2) is 0 Å². The molecule has 18 heavy (non-hydrogen) atoms. The van der Waals surface area contributed by atoms with Crippen LogP contribution in [0.4, 0.5) is 0 Å². The molecule has 0 spiro atoms. The van der Waals surface area contributed by atoms with E-state index < -0.39 is 5.97 Å². The molecule has 3 atom stereocenters. The Morgan fingerprint density at radius 3 is 2.61 bits per heavy atom. The van der Waals surface area contributed by atoms with Gasteiger partial charge in [0, 0.05) is 18.6 Å². The lowest BCUT2D eigenvalue weighted by atomic mass is 9.77. The molecule has 1 aliphatic heterocycles. The molecule has 1 N–H and O–H groups in total. The lowest BCUT2D eigenvalue weighted by Crippen LogP contribution is -2.56. The predicted octanol–water partition coefficient (Wildman–Crippen LogP) is 1.99. The highest BCUT2D eigenvalue weighted by atomic mass is 16.5. The fourth-order valence-electron chi connectivity index (χ4n) is 3.76. The number of hydrogen-bond donors (Lipinski definition) is 1. The minimum atomic E-state index is -0.716. The van der Waals surface area contributed by atoms with Gasteiger partial charge in [0.15, 0.2) is 0 Å². The fourth-order valence-corrected chi connectivity index (χ4v) is 3.76. The molecule has 2 fully saturated rings. The maximum Gasteiger partial charge on any atom is 0.305 e. The monoisotopic (exact) mass is 255 g/mol. The van der Waals surface area contributed by atoms with E-state index in [0.29, 0.717) is 24.5 Å². The third kappa shape index (κ3) is 3.04. The average Bonchev–Trinajstić information content (AvgIpc) is 2.30. The molecule has 1 saturated carbocycles. The zero-order valence-electron chi connectivity index (χ0n) is 11.5. The molecule has 1 heterocycles. The summed E-state index contributed by atoms with van der Waals surface area (Å²) in [5.74, 6) is 0.623. The largest absolute Gasteiger partial charge is 0.481 e. The number of hydrogen-bond acceptors (Lipinski definition) is 3. The molecule has 1 saturated heterocycles. The van der Waals surface area contributed by atoms with Crippen molar-refractivity contribution in [3.05, 3.63) is 0 Å². The van der Waals surface area contributed by atoms with Crippen LogP contribution < -0.4 is 0 Å². The zero-order chi connectivity index (χ0) is 13.1. The second-order valence-electron chi connectivity index (χ2n) is 5.94. The standard InChI is InChI=1S/C14H25NO3/c1-10-4-3-5-11(2)14(10)15-6-7-18-9-12(15)8-13(16)17/h10-12,14H,3-9H2,1-2H3,(H,16,17). The summed E-state index contributed by atoms with van der Waals surface area (Å²) < 4.78 is 5.47. The Hall–Kier alpha value is -0.610. The molecule has 104 valence electrons. The second kappa shape index (κ2) is 6.02. The maximum absolute atomic E-state index is 11.0. The summed E-state index contributed by atoms with van der Waals surface area (Å²) in [4.78, 5) is 13.4. The van der Waals surface area contributed by atoms with Crippen LogP contribution in [0.25, 0.3) is 0 Å². The van der Waals surface area contributed by atoms with E-state index in [4.69, 9.17) is 9.84 Å². The fraction of sp³-hybridized carbons (Fsp3) is 0.929. The van der Waals surface area contributed by atoms with Gasteiger partial charge in [-0.15, -0.1) is 0 Å². The van der Waals surface area contributed by atoms with Crippen LogP contribution in [0.15, 0.2) is 0 Å². The van der Waals surface area contributed by atoms with Gasteiger partial charge < -0.3 is 9.84 Å². The first-order valence-corrected chi connectivity index (χ1v) is 7.15. The van der Waals surface area contributed by atoms with Gasteiger partial charge in [0.25, 0.3) is 0 Å².